The zero-order chi connectivity index (χ0) is 24.2. The molecular formula is C24H15NO9. The summed E-state index contributed by atoms with van der Waals surface area (Å²) in [7, 11) is 0. The van der Waals surface area contributed by atoms with Crippen LogP contribution < -0.4 is 14.2 Å². The minimum Gasteiger partial charge on any atom is -0.456 e. The first kappa shape index (κ1) is 21.1. The highest BCUT2D eigenvalue weighted by molar-refractivity contribution is 5.97. The fourth-order valence-corrected chi connectivity index (χ4v) is 4.25. The highest BCUT2D eigenvalue weighted by Crippen LogP contribution is 2.57. The maximum atomic E-state index is 12.9. The quantitative estimate of drug-likeness (QED) is 0.246. The normalized spacial score (nSPS) is 14.2. The van der Waals surface area contributed by atoms with E-state index >= 15 is 0 Å². The van der Waals surface area contributed by atoms with Gasteiger partial charge in [0, 0.05) is 54.8 Å². The molecule has 3 aromatic carbocycles. The predicted molar refractivity (Wildman–Crippen MR) is 114 cm³/mol. The summed E-state index contributed by atoms with van der Waals surface area (Å²) in [5, 5.41) is 11.3. The summed E-state index contributed by atoms with van der Waals surface area (Å²) in [6.07, 6.45) is 0. The SMILES string of the molecule is CC(=O)Oc1ccc2c(c1)Oc1cc(OC(C)=O)ccc1C21OC(=O)c2cc([N+](=O)[O-])ccc21. The van der Waals surface area contributed by atoms with Crippen molar-refractivity contribution in [1.82, 2.24) is 0 Å². The fraction of sp³-hybridized carbons (Fsp3) is 0.125. The molecule has 0 aromatic heterocycles. The molecule has 3 aromatic rings. The van der Waals surface area contributed by atoms with E-state index in [0.717, 1.165) is 0 Å². The van der Waals surface area contributed by atoms with Gasteiger partial charge in [-0.1, -0.05) is 0 Å². The Morgan fingerprint density at radius 1 is 0.853 bits per heavy atom. The third kappa shape index (κ3) is 3.15. The van der Waals surface area contributed by atoms with Crippen molar-refractivity contribution in [2.24, 2.45) is 0 Å². The summed E-state index contributed by atoms with van der Waals surface area (Å²) < 4.78 is 22.3. The standard InChI is InChI=1S/C24H15NO9/c1-12(26)31-15-4-7-19-21(10-15)33-22-11-16(32-13(2)27)5-8-20(22)24(19)18-6-3-14(25(29)30)9-17(18)23(28)34-24/h3-11H,1-2H3. The third-order valence-electron chi connectivity index (χ3n) is 5.47. The van der Waals surface area contributed by atoms with Crippen LogP contribution in [0.2, 0.25) is 0 Å². The van der Waals surface area contributed by atoms with E-state index in [0.29, 0.717) is 16.7 Å². The second kappa shape index (κ2) is 7.41. The lowest BCUT2D eigenvalue weighted by atomic mass is 9.77. The van der Waals surface area contributed by atoms with Crippen LogP contribution in [0, 0.1) is 10.1 Å². The number of non-ortho nitro benzene ring substituents is 1. The Morgan fingerprint density at radius 2 is 1.38 bits per heavy atom. The Hall–Kier alpha value is -4.73. The lowest BCUT2D eigenvalue weighted by Gasteiger charge is -2.36. The van der Waals surface area contributed by atoms with E-state index in [1.807, 2.05) is 0 Å². The second-order valence-electron chi connectivity index (χ2n) is 7.66. The lowest BCUT2D eigenvalue weighted by molar-refractivity contribution is -0.384. The number of hydrogen-bond acceptors (Lipinski definition) is 9. The van der Waals surface area contributed by atoms with E-state index in [9.17, 15) is 24.5 Å². The molecule has 0 saturated heterocycles. The maximum Gasteiger partial charge on any atom is 0.340 e. The Balaban J connectivity index is 1.77. The number of hydrogen-bond donors (Lipinski definition) is 0. The van der Waals surface area contributed by atoms with Crippen molar-refractivity contribution in [3.63, 3.8) is 0 Å². The molecule has 0 aliphatic carbocycles. The number of rotatable bonds is 3. The van der Waals surface area contributed by atoms with E-state index < -0.39 is 28.4 Å². The summed E-state index contributed by atoms with van der Waals surface area (Å²) in [5.41, 5.74) is -0.464. The van der Waals surface area contributed by atoms with Gasteiger partial charge in [-0.25, -0.2) is 4.79 Å². The molecule has 10 heteroatoms. The minimum absolute atomic E-state index is 0.0427. The molecular weight excluding hydrogens is 446 g/mol. The van der Waals surface area contributed by atoms with Crippen LogP contribution in [0.25, 0.3) is 0 Å². The van der Waals surface area contributed by atoms with Crippen LogP contribution >= 0.6 is 0 Å². The molecule has 2 aliphatic rings. The van der Waals surface area contributed by atoms with E-state index in [1.165, 1.54) is 56.3 Å². The average molecular weight is 461 g/mol. The number of benzene rings is 3. The van der Waals surface area contributed by atoms with E-state index in [2.05, 4.69) is 0 Å². The highest BCUT2D eigenvalue weighted by atomic mass is 16.6. The molecule has 0 amide bonds. The molecule has 5 rings (SSSR count). The zero-order valence-corrected chi connectivity index (χ0v) is 17.8. The van der Waals surface area contributed by atoms with Gasteiger partial charge in [0.15, 0.2) is 5.60 Å². The molecule has 10 nitrogen and oxygen atoms in total. The molecule has 0 unspecified atom stereocenters. The summed E-state index contributed by atoms with van der Waals surface area (Å²) >= 11 is 0. The van der Waals surface area contributed by atoms with Crippen molar-refractivity contribution < 1.29 is 38.3 Å². The van der Waals surface area contributed by atoms with Gasteiger partial charge in [-0.2, -0.15) is 0 Å². The van der Waals surface area contributed by atoms with Crippen LogP contribution in [0.15, 0.2) is 54.6 Å². The van der Waals surface area contributed by atoms with Gasteiger partial charge < -0.3 is 18.9 Å². The summed E-state index contributed by atoms with van der Waals surface area (Å²) in [4.78, 5) is 46.5. The minimum atomic E-state index is -1.49. The molecule has 0 bridgehead atoms. The van der Waals surface area contributed by atoms with E-state index in [-0.39, 0.29) is 34.2 Å². The van der Waals surface area contributed by atoms with Crippen LogP contribution in [0.1, 0.15) is 40.9 Å². The molecule has 0 saturated carbocycles. The number of nitrogens with zero attached hydrogens (tertiary/aromatic N) is 1. The molecule has 34 heavy (non-hydrogen) atoms. The van der Waals surface area contributed by atoms with E-state index in [1.54, 1.807) is 12.1 Å². The Bertz CT molecular complexity index is 1360. The van der Waals surface area contributed by atoms with Gasteiger partial charge in [0.2, 0.25) is 0 Å². The Labute approximate surface area is 191 Å². The number of ether oxygens (including phenoxy) is 4. The zero-order valence-electron chi connectivity index (χ0n) is 17.8. The van der Waals surface area contributed by atoms with Crippen molar-refractivity contribution in [3.8, 4) is 23.0 Å². The number of esters is 3. The monoisotopic (exact) mass is 461 g/mol. The number of carbonyl (C=O) groups excluding carboxylic acids is 3. The molecule has 0 atom stereocenters. The van der Waals surface area contributed by atoms with Crippen LogP contribution in [0.5, 0.6) is 23.0 Å². The van der Waals surface area contributed by atoms with Gasteiger partial charge >= 0.3 is 17.9 Å². The van der Waals surface area contributed by atoms with Gasteiger partial charge in [-0.05, 0) is 30.3 Å². The summed E-state index contributed by atoms with van der Waals surface area (Å²) in [6, 6.07) is 13.1. The maximum absolute atomic E-state index is 12.9. The first-order chi connectivity index (χ1) is 16.2. The van der Waals surface area contributed by atoms with Gasteiger partial charge in [0.25, 0.3) is 5.69 Å². The van der Waals surface area contributed by atoms with Gasteiger partial charge in [0.05, 0.1) is 10.5 Å². The molecule has 0 fully saturated rings. The molecule has 170 valence electrons. The summed E-state index contributed by atoms with van der Waals surface area (Å²) in [5.74, 6) is -0.953. The largest absolute Gasteiger partial charge is 0.456 e. The number of fused-ring (bicyclic) bond motifs is 6. The molecule has 2 heterocycles. The Morgan fingerprint density at radius 3 is 1.88 bits per heavy atom. The lowest BCUT2D eigenvalue weighted by Crippen LogP contribution is -2.33. The molecule has 0 N–H and O–H groups in total. The molecule has 0 radical (unpaired) electrons. The van der Waals surface area contributed by atoms with Crippen LogP contribution in [-0.4, -0.2) is 22.8 Å². The smallest absolute Gasteiger partial charge is 0.340 e. The average Bonchev–Trinajstić information content (AvgIpc) is 3.05. The van der Waals surface area contributed by atoms with E-state index in [4.69, 9.17) is 18.9 Å². The topological polar surface area (TPSA) is 131 Å². The second-order valence-corrected chi connectivity index (χ2v) is 7.66. The summed E-state index contributed by atoms with van der Waals surface area (Å²) in [6.45, 7) is 2.51. The number of nitro groups is 1. The highest BCUT2D eigenvalue weighted by Gasteiger charge is 2.54. The van der Waals surface area contributed by atoms with Crippen LogP contribution in [0.4, 0.5) is 5.69 Å². The van der Waals surface area contributed by atoms with Gasteiger partial charge in [0.1, 0.15) is 23.0 Å². The molecule has 2 aliphatic heterocycles. The first-order valence-electron chi connectivity index (χ1n) is 10.0. The first-order valence-corrected chi connectivity index (χ1v) is 10.0. The third-order valence-corrected chi connectivity index (χ3v) is 5.47. The van der Waals surface area contributed by atoms with Crippen molar-refractivity contribution in [2.45, 2.75) is 19.4 Å². The number of carbonyl (C=O) groups is 3. The molecule has 1 spiro atoms. The van der Waals surface area contributed by atoms with Crippen molar-refractivity contribution in [3.05, 3.63) is 87.0 Å². The van der Waals surface area contributed by atoms with Crippen molar-refractivity contribution >= 4 is 23.6 Å². The number of nitro benzene ring substituents is 1. The van der Waals surface area contributed by atoms with Gasteiger partial charge in [-0.15, -0.1) is 0 Å². The van der Waals surface area contributed by atoms with Crippen LogP contribution in [-0.2, 0) is 19.9 Å². The fourth-order valence-electron chi connectivity index (χ4n) is 4.25. The van der Waals surface area contributed by atoms with Crippen molar-refractivity contribution in [2.75, 3.05) is 0 Å². The van der Waals surface area contributed by atoms with Crippen molar-refractivity contribution in [1.29, 1.82) is 0 Å². The predicted octanol–water partition coefficient (Wildman–Crippen LogP) is 4.01. The Kier molecular flexibility index (Phi) is 4.60. The van der Waals surface area contributed by atoms with Gasteiger partial charge in [-0.3, -0.25) is 19.7 Å². The van der Waals surface area contributed by atoms with Crippen LogP contribution in [0.3, 0.4) is 0 Å².